The Balaban J connectivity index is 1.36. The fraction of sp³-hybridized carbons (Fsp3) is 0.500. The number of nitrogens with zero attached hydrogens (tertiary/aromatic N) is 4. The lowest BCUT2D eigenvalue weighted by Gasteiger charge is -2.30. The van der Waals surface area contributed by atoms with Crippen LogP contribution >= 0.6 is 0 Å². The van der Waals surface area contributed by atoms with E-state index in [1.807, 2.05) is 18.2 Å². The molecule has 2 aromatic rings. The van der Waals surface area contributed by atoms with Gasteiger partial charge in [-0.25, -0.2) is 14.4 Å². The van der Waals surface area contributed by atoms with E-state index in [-0.39, 0.29) is 50.2 Å². The Bertz CT molecular complexity index is 1190. The van der Waals surface area contributed by atoms with Crippen molar-refractivity contribution in [2.75, 3.05) is 25.0 Å². The third kappa shape index (κ3) is 5.47. The first-order chi connectivity index (χ1) is 17.0. The predicted molar refractivity (Wildman–Crippen MR) is 128 cm³/mol. The van der Waals surface area contributed by atoms with Crippen LogP contribution in [0.15, 0.2) is 35.1 Å². The molecule has 0 radical (unpaired) electrons. The van der Waals surface area contributed by atoms with Crippen LogP contribution in [0.2, 0.25) is 0 Å². The summed E-state index contributed by atoms with van der Waals surface area (Å²) in [7, 11) is 0. The van der Waals surface area contributed by atoms with Gasteiger partial charge in [0.25, 0.3) is 5.88 Å². The second-order valence-electron chi connectivity index (χ2n) is 9.87. The lowest BCUT2D eigenvalue weighted by Crippen LogP contribution is -2.46. The highest BCUT2D eigenvalue weighted by atomic mass is 16.7. The van der Waals surface area contributed by atoms with Crippen molar-refractivity contribution in [1.29, 1.82) is 0 Å². The van der Waals surface area contributed by atoms with E-state index in [0.717, 1.165) is 0 Å². The minimum absolute atomic E-state index is 0.0670. The van der Waals surface area contributed by atoms with Crippen molar-refractivity contribution in [1.82, 2.24) is 19.1 Å². The number of likely N-dealkylation sites (tertiary alicyclic amines) is 1. The number of hydrogen-bond donors (Lipinski definition) is 2. The van der Waals surface area contributed by atoms with E-state index in [4.69, 9.17) is 9.57 Å². The van der Waals surface area contributed by atoms with Crippen molar-refractivity contribution in [3.63, 3.8) is 0 Å². The van der Waals surface area contributed by atoms with Crippen LogP contribution in [0.3, 0.4) is 0 Å². The second-order valence-corrected chi connectivity index (χ2v) is 9.87. The Morgan fingerprint density at radius 3 is 2.28 bits per heavy atom. The van der Waals surface area contributed by atoms with E-state index in [0.29, 0.717) is 23.3 Å². The van der Waals surface area contributed by atoms with Crippen molar-refractivity contribution in [3.8, 4) is 5.88 Å². The molecule has 0 atom stereocenters. The van der Waals surface area contributed by atoms with E-state index in [1.165, 1.54) is 14.4 Å². The van der Waals surface area contributed by atoms with Crippen LogP contribution in [0.1, 0.15) is 39.3 Å². The summed E-state index contributed by atoms with van der Waals surface area (Å²) in [6, 6.07) is 9.14. The van der Waals surface area contributed by atoms with Crippen molar-refractivity contribution in [3.05, 3.63) is 46.5 Å². The molecule has 0 spiro atoms. The molecule has 1 fully saturated rings. The number of ether oxygens (including phenoxy) is 1. The Labute approximate surface area is 207 Å². The topological polar surface area (TPSA) is 135 Å². The third-order valence-electron chi connectivity index (χ3n) is 6.10. The zero-order valence-corrected chi connectivity index (χ0v) is 20.6. The van der Waals surface area contributed by atoms with E-state index in [2.05, 4.69) is 5.32 Å². The van der Waals surface area contributed by atoms with Crippen LogP contribution in [0, 0.1) is 5.92 Å². The highest BCUT2D eigenvalue weighted by Crippen LogP contribution is 2.24. The summed E-state index contributed by atoms with van der Waals surface area (Å²) in [5.74, 6) is -0.914. The lowest BCUT2D eigenvalue weighted by molar-refractivity contribution is -0.121. The molecule has 2 aliphatic rings. The van der Waals surface area contributed by atoms with Crippen molar-refractivity contribution >= 4 is 23.8 Å². The maximum absolute atomic E-state index is 12.8. The van der Waals surface area contributed by atoms with E-state index in [1.54, 1.807) is 32.9 Å². The number of para-hydroxylation sites is 1. The van der Waals surface area contributed by atoms with E-state index >= 15 is 0 Å². The van der Waals surface area contributed by atoms with Gasteiger partial charge in [0, 0.05) is 37.8 Å². The molecule has 2 aliphatic heterocycles. The predicted octanol–water partition coefficient (Wildman–Crippen LogP) is 2.01. The van der Waals surface area contributed by atoms with Crippen LogP contribution < -0.4 is 15.8 Å². The minimum Gasteiger partial charge on any atom is -0.491 e. The first-order valence-corrected chi connectivity index (χ1v) is 11.9. The Hall–Kier alpha value is -3.96. The van der Waals surface area contributed by atoms with Crippen LogP contribution in [-0.4, -0.2) is 67.5 Å². The van der Waals surface area contributed by atoms with Gasteiger partial charge >= 0.3 is 17.9 Å². The van der Waals surface area contributed by atoms with Gasteiger partial charge in [-0.1, -0.05) is 22.9 Å². The molecule has 12 heteroatoms. The number of aromatic nitrogens is 2. The number of hydrogen-bond acceptors (Lipinski definition) is 7. The number of carbonyl (C=O) groups is 3. The highest BCUT2D eigenvalue weighted by molar-refractivity contribution is 5.92. The number of fused-ring (bicyclic) bond motifs is 1. The number of nitrogens with one attached hydrogen (secondary N) is 1. The van der Waals surface area contributed by atoms with Gasteiger partial charge in [0.2, 0.25) is 5.91 Å². The summed E-state index contributed by atoms with van der Waals surface area (Å²) in [6.45, 7) is 6.03. The second kappa shape index (κ2) is 9.96. The standard InChI is InChI=1S/C24H31N5O7/c1-24(2,3)35-22(33)27-13-14-28-18(15-27)20(31)29(21(28)32)36-23(34)26-11-9-16(10-12-26)19(30)25-17-7-5-4-6-8-17/h4-8,16,31H,9-15H2,1-3H3,(H,25,30). The van der Waals surface area contributed by atoms with Crippen LogP contribution in [0.4, 0.5) is 15.3 Å². The maximum Gasteiger partial charge on any atom is 0.434 e. The fourth-order valence-electron chi connectivity index (χ4n) is 4.21. The van der Waals surface area contributed by atoms with E-state index in [9.17, 15) is 24.3 Å². The first-order valence-electron chi connectivity index (χ1n) is 11.9. The van der Waals surface area contributed by atoms with Gasteiger partial charge in [0.1, 0.15) is 11.3 Å². The van der Waals surface area contributed by atoms with E-state index < -0.39 is 29.4 Å². The normalized spacial score (nSPS) is 16.3. The minimum atomic E-state index is -0.804. The molecular formula is C24H31N5O7. The molecule has 1 saturated heterocycles. The molecule has 4 rings (SSSR count). The number of benzene rings is 1. The summed E-state index contributed by atoms with van der Waals surface area (Å²) in [5.41, 5.74) is -0.534. The van der Waals surface area contributed by atoms with Gasteiger partial charge in [-0.2, -0.15) is 0 Å². The molecule has 36 heavy (non-hydrogen) atoms. The van der Waals surface area contributed by atoms with Gasteiger partial charge in [-0.15, -0.1) is 0 Å². The number of aromatic hydroxyl groups is 1. The largest absolute Gasteiger partial charge is 0.491 e. The maximum atomic E-state index is 12.8. The molecule has 194 valence electrons. The Morgan fingerprint density at radius 2 is 1.64 bits per heavy atom. The number of amides is 3. The molecule has 12 nitrogen and oxygen atoms in total. The molecule has 0 bridgehead atoms. The van der Waals surface area contributed by atoms with Gasteiger partial charge in [-0.05, 0) is 45.7 Å². The fourth-order valence-corrected chi connectivity index (χ4v) is 4.21. The van der Waals surface area contributed by atoms with Gasteiger partial charge in [-0.3, -0.25) is 9.36 Å². The Morgan fingerprint density at radius 1 is 0.972 bits per heavy atom. The molecule has 3 amide bonds. The zero-order chi connectivity index (χ0) is 26.0. The number of piperidine rings is 1. The monoisotopic (exact) mass is 501 g/mol. The molecule has 3 heterocycles. The average molecular weight is 502 g/mol. The molecule has 0 unspecified atom stereocenters. The summed E-state index contributed by atoms with van der Waals surface area (Å²) in [6.07, 6.45) is -0.497. The van der Waals surface area contributed by atoms with Crippen molar-refractivity contribution in [2.45, 2.75) is 52.3 Å². The van der Waals surface area contributed by atoms with Crippen molar-refractivity contribution in [2.24, 2.45) is 5.92 Å². The molecule has 1 aromatic carbocycles. The summed E-state index contributed by atoms with van der Waals surface area (Å²) in [4.78, 5) is 58.4. The van der Waals surface area contributed by atoms with Crippen LogP contribution in [-0.2, 0) is 22.6 Å². The zero-order valence-electron chi connectivity index (χ0n) is 20.6. The number of anilines is 1. The summed E-state index contributed by atoms with van der Waals surface area (Å²) >= 11 is 0. The molecular weight excluding hydrogens is 470 g/mol. The number of rotatable bonds is 3. The van der Waals surface area contributed by atoms with Gasteiger partial charge < -0.3 is 29.8 Å². The van der Waals surface area contributed by atoms with Gasteiger partial charge in [0.15, 0.2) is 0 Å². The summed E-state index contributed by atoms with van der Waals surface area (Å²) in [5, 5.41) is 13.5. The van der Waals surface area contributed by atoms with Crippen LogP contribution in [0.25, 0.3) is 0 Å². The number of imidazole rings is 1. The molecule has 0 saturated carbocycles. The summed E-state index contributed by atoms with van der Waals surface area (Å²) < 4.78 is 7.18. The first kappa shape index (κ1) is 25.1. The molecule has 2 N–H and O–H groups in total. The van der Waals surface area contributed by atoms with Crippen molar-refractivity contribution < 1.29 is 29.1 Å². The lowest BCUT2D eigenvalue weighted by atomic mass is 9.96. The van der Waals surface area contributed by atoms with Crippen LogP contribution in [0.5, 0.6) is 5.88 Å². The molecule has 1 aromatic heterocycles. The molecule has 0 aliphatic carbocycles. The number of carbonyl (C=O) groups excluding carboxylic acids is 3. The quantitative estimate of drug-likeness (QED) is 0.657. The average Bonchev–Trinajstić information content (AvgIpc) is 3.08. The third-order valence-corrected chi connectivity index (χ3v) is 6.10. The highest BCUT2D eigenvalue weighted by Gasteiger charge is 2.33. The Kier molecular flexibility index (Phi) is 6.95. The SMILES string of the molecule is CC(C)(C)OC(=O)N1CCn2c(c(O)n(OC(=O)N3CCC(C(=O)Nc4ccccc4)CC3)c2=O)C1. The smallest absolute Gasteiger partial charge is 0.434 e. The van der Waals surface area contributed by atoms with Gasteiger partial charge in [0.05, 0.1) is 6.54 Å².